The normalized spacial score (nSPS) is 24.6. The third-order valence-corrected chi connectivity index (χ3v) is 5.67. The van der Waals surface area contributed by atoms with Crippen LogP contribution in [0.25, 0.3) is 0 Å². The Morgan fingerprint density at radius 1 is 1.14 bits per heavy atom. The van der Waals surface area contributed by atoms with E-state index in [1.165, 1.54) is 16.5 Å². The zero-order chi connectivity index (χ0) is 20.4. The van der Waals surface area contributed by atoms with Gasteiger partial charge in [-0.2, -0.15) is 0 Å². The molecule has 0 bridgehead atoms. The number of hydrogen-bond donors (Lipinski definition) is 2. The lowest BCUT2D eigenvalue weighted by atomic mass is 9.94. The fraction of sp³-hybridized carbons (Fsp3) is 0.364. The summed E-state index contributed by atoms with van der Waals surface area (Å²) in [5.74, 6) is -0.498. The molecule has 3 amide bonds. The number of carbonyl (C=O) groups excluding carboxylic acids is 2. The summed E-state index contributed by atoms with van der Waals surface area (Å²) in [6, 6.07) is 15.8. The average Bonchev–Trinajstić information content (AvgIpc) is 3.25. The summed E-state index contributed by atoms with van der Waals surface area (Å²) in [4.78, 5) is 28.2. The summed E-state index contributed by atoms with van der Waals surface area (Å²) >= 11 is 0. The van der Waals surface area contributed by atoms with E-state index in [0.717, 1.165) is 18.7 Å². The number of benzene rings is 2. The third-order valence-electron chi connectivity index (χ3n) is 5.67. The van der Waals surface area contributed by atoms with Gasteiger partial charge in [0.2, 0.25) is 5.91 Å². The third kappa shape index (κ3) is 4.40. The van der Waals surface area contributed by atoms with Gasteiger partial charge in [-0.3, -0.25) is 9.69 Å². The van der Waals surface area contributed by atoms with Crippen LogP contribution in [0.15, 0.2) is 54.6 Å². The van der Waals surface area contributed by atoms with Gasteiger partial charge in [-0.25, -0.2) is 9.18 Å². The molecule has 152 valence electrons. The number of nitrogens with one attached hydrogen (secondary N) is 2. The van der Waals surface area contributed by atoms with Crippen LogP contribution in [0, 0.1) is 5.82 Å². The van der Waals surface area contributed by atoms with E-state index in [0.29, 0.717) is 13.1 Å². The molecule has 2 aromatic rings. The highest BCUT2D eigenvalue weighted by molar-refractivity contribution is 5.90. The summed E-state index contributed by atoms with van der Waals surface area (Å²) in [6.07, 6.45) is 0. The SMILES string of the molecule is CN1CC(C(=O)N[C@@H]2CN(Cc3ccccc3)C[C@H]2c2cccc(F)c2)NC1=O. The first kappa shape index (κ1) is 19.4. The molecule has 29 heavy (non-hydrogen) atoms. The van der Waals surface area contributed by atoms with Gasteiger partial charge in [0, 0.05) is 38.6 Å². The second kappa shape index (κ2) is 8.21. The van der Waals surface area contributed by atoms with Crippen LogP contribution in [0.5, 0.6) is 0 Å². The molecule has 0 saturated carbocycles. The number of amides is 3. The Balaban J connectivity index is 1.50. The standard InChI is InChI=1S/C22H25FN4O2/c1-26-13-20(25-22(26)29)21(28)24-19-14-27(11-15-6-3-2-4-7-15)12-18(19)16-8-5-9-17(23)10-16/h2-10,18-20H,11-14H2,1H3,(H,24,28)(H,25,29)/t18-,19+,20?/m0/s1. The predicted molar refractivity (Wildman–Crippen MR) is 108 cm³/mol. The molecule has 2 aliphatic heterocycles. The molecule has 4 rings (SSSR count). The summed E-state index contributed by atoms with van der Waals surface area (Å²) in [5, 5.41) is 5.79. The van der Waals surface area contributed by atoms with E-state index in [2.05, 4.69) is 27.7 Å². The van der Waals surface area contributed by atoms with E-state index in [-0.39, 0.29) is 29.7 Å². The maximum atomic E-state index is 13.8. The number of rotatable bonds is 5. The highest BCUT2D eigenvalue weighted by Crippen LogP contribution is 2.29. The Morgan fingerprint density at radius 3 is 2.62 bits per heavy atom. The van der Waals surface area contributed by atoms with Crippen molar-refractivity contribution in [2.45, 2.75) is 24.5 Å². The molecule has 2 saturated heterocycles. The van der Waals surface area contributed by atoms with Gasteiger partial charge in [0.05, 0.1) is 6.54 Å². The minimum atomic E-state index is -0.566. The van der Waals surface area contributed by atoms with E-state index in [1.807, 2.05) is 24.3 Å². The van der Waals surface area contributed by atoms with Crippen LogP contribution >= 0.6 is 0 Å². The molecular formula is C22H25FN4O2. The monoisotopic (exact) mass is 396 g/mol. The van der Waals surface area contributed by atoms with Crippen molar-refractivity contribution >= 4 is 11.9 Å². The minimum absolute atomic E-state index is 0.0202. The van der Waals surface area contributed by atoms with Crippen molar-refractivity contribution in [3.63, 3.8) is 0 Å². The zero-order valence-electron chi connectivity index (χ0n) is 16.3. The average molecular weight is 396 g/mol. The maximum Gasteiger partial charge on any atom is 0.317 e. The van der Waals surface area contributed by atoms with E-state index in [4.69, 9.17) is 0 Å². The lowest BCUT2D eigenvalue weighted by Crippen LogP contribution is -2.49. The van der Waals surface area contributed by atoms with Gasteiger partial charge in [0.1, 0.15) is 11.9 Å². The molecule has 2 N–H and O–H groups in total. The second-order valence-corrected chi connectivity index (χ2v) is 7.84. The quantitative estimate of drug-likeness (QED) is 0.812. The largest absolute Gasteiger partial charge is 0.350 e. The van der Waals surface area contributed by atoms with Crippen LogP contribution in [0.3, 0.4) is 0 Å². The first-order chi connectivity index (χ1) is 14.0. The van der Waals surface area contributed by atoms with Crippen molar-refractivity contribution in [1.29, 1.82) is 0 Å². The molecule has 0 radical (unpaired) electrons. The highest BCUT2D eigenvalue weighted by Gasteiger charge is 2.38. The van der Waals surface area contributed by atoms with Gasteiger partial charge in [-0.1, -0.05) is 42.5 Å². The van der Waals surface area contributed by atoms with E-state index < -0.39 is 6.04 Å². The number of hydrogen-bond acceptors (Lipinski definition) is 3. The fourth-order valence-electron chi connectivity index (χ4n) is 4.17. The fourth-order valence-corrected chi connectivity index (χ4v) is 4.17. The van der Waals surface area contributed by atoms with Crippen molar-refractivity contribution in [2.24, 2.45) is 0 Å². The second-order valence-electron chi connectivity index (χ2n) is 7.84. The Kier molecular flexibility index (Phi) is 5.49. The molecule has 7 heteroatoms. The molecule has 3 atom stereocenters. The number of carbonyl (C=O) groups is 2. The molecule has 2 heterocycles. The Labute approximate surface area is 169 Å². The Hall–Kier alpha value is -2.93. The van der Waals surface area contributed by atoms with Crippen LogP contribution in [0.2, 0.25) is 0 Å². The van der Waals surface area contributed by atoms with Crippen molar-refractivity contribution in [3.05, 3.63) is 71.5 Å². The first-order valence-corrected chi connectivity index (χ1v) is 9.83. The van der Waals surface area contributed by atoms with Gasteiger partial charge >= 0.3 is 6.03 Å². The van der Waals surface area contributed by atoms with Crippen LogP contribution < -0.4 is 10.6 Å². The molecule has 2 aromatic carbocycles. The topological polar surface area (TPSA) is 64.7 Å². The van der Waals surface area contributed by atoms with Gasteiger partial charge in [-0.15, -0.1) is 0 Å². The molecular weight excluding hydrogens is 371 g/mol. The van der Waals surface area contributed by atoms with Gasteiger partial charge in [0.15, 0.2) is 0 Å². The number of likely N-dealkylation sites (N-methyl/N-ethyl adjacent to an activating group) is 1. The molecule has 0 spiro atoms. The van der Waals surface area contributed by atoms with Crippen LogP contribution in [-0.4, -0.2) is 60.5 Å². The van der Waals surface area contributed by atoms with Crippen molar-refractivity contribution in [2.75, 3.05) is 26.7 Å². The Morgan fingerprint density at radius 2 is 1.93 bits per heavy atom. The van der Waals surface area contributed by atoms with Crippen LogP contribution in [-0.2, 0) is 11.3 Å². The van der Waals surface area contributed by atoms with E-state index in [9.17, 15) is 14.0 Å². The molecule has 0 aliphatic carbocycles. The highest BCUT2D eigenvalue weighted by atomic mass is 19.1. The number of likely N-dealkylation sites (tertiary alicyclic amines) is 1. The molecule has 6 nitrogen and oxygen atoms in total. The number of nitrogens with zero attached hydrogens (tertiary/aromatic N) is 2. The molecule has 0 aromatic heterocycles. The molecule has 2 fully saturated rings. The van der Waals surface area contributed by atoms with Gasteiger partial charge < -0.3 is 15.5 Å². The number of urea groups is 1. The van der Waals surface area contributed by atoms with Crippen LogP contribution in [0.1, 0.15) is 17.0 Å². The van der Waals surface area contributed by atoms with E-state index in [1.54, 1.807) is 19.2 Å². The minimum Gasteiger partial charge on any atom is -0.350 e. The summed E-state index contributed by atoms with van der Waals surface area (Å²) in [5.41, 5.74) is 2.07. The van der Waals surface area contributed by atoms with Crippen molar-refractivity contribution in [1.82, 2.24) is 20.4 Å². The number of halogens is 1. The lowest BCUT2D eigenvalue weighted by molar-refractivity contribution is -0.123. The van der Waals surface area contributed by atoms with Gasteiger partial charge in [0.25, 0.3) is 0 Å². The first-order valence-electron chi connectivity index (χ1n) is 9.83. The zero-order valence-corrected chi connectivity index (χ0v) is 16.3. The smallest absolute Gasteiger partial charge is 0.317 e. The molecule has 1 unspecified atom stereocenters. The predicted octanol–water partition coefficient (Wildman–Crippen LogP) is 1.93. The maximum absolute atomic E-state index is 13.8. The van der Waals surface area contributed by atoms with Crippen molar-refractivity contribution < 1.29 is 14.0 Å². The summed E-state index contributed by atoms with van der Waals surface area (Å²) < 4.78 is 13.8. The van der Waals surface area contributed by atoms with Gasteiger partial charge in [-0.05, 0) is 23.3 Å². The van der Waals surface area contributed by atoms with Crippen molar-refractivity contribution in [3.8, 4) is 0 Å². The summed E-state index contributed by atoms with van der Waals surface area (Å²) in [6.45, 7) is 2.50. The summed E-state index contributed by atoms with van der Waals surface area (Å²) in [7, 11) is 1.66. The molecule has 2 aliphatic rings. The van der Waals surface area contributed by atoms with Crippen LogP contribution in [0.4, 0.5) is 9.18 Å². The Bertz CT molecular complexity index is 891. The lowest BCUT2D eigenvalue weighted by Gasteiger charge is -2.22. The van der Waals surface area contributed by atoms with E-state index >= 15 is 0 Å².